The van der Waals surface area contributed by atoms with Gasteiger partial charge in [-0.25, -0.2) is 0 Å². The number of carbonyl (C=O) groups excluding carboxylic acids is 1. The third-order valence-corrected chi connectivity index (χ3v) is 3.90. The summed E-state index contributed by atoms with van der Waals surface area (Å²) >= 11 is 0. The molecule has 1 unspecified atom stereocenters. The Hall–Kier alpha value is -1.94. The largest absolute Gasteiger partial charge is 0.389 e. The molecule has 6 nitrogen and oxygen atoms in total. The van der Waals surface area contributed by atoms with Crippen LogP contribution < -0.4 is 0 Å². The number of nitriles is 1. The Morgan fingerprint density at radius 1 is 1.30 bits per heavy atom. The molecule has 124 valence electrons. The normalized spacial score (nSPS) is 16.8. The van der Waals surface area contributed by atoms with Gasteiger partial charge in [0, 0.05) is 44.9 Å². The van der Waals surface area contributed by atoms with Crippen molar-refractivity contribution in [3.05, 3.63) is 35.4 Å². The Morgan fingerprint density at radius 3 is 2.52 bits per heavy atom. The van der Waals surface area contributed by atoms with Crippen molar-refractivity contribution in [3.8, 4) is 6.07 Å². The molecule has 1 N–H and O–H groups in total. The molecule has 23 heavy (non-hydrogen) atoms. The van der Waals surface area contributed by atoms with Gasteiger partial charge in [0.2, 0.25) is 0 Å². The van der Waals surface area contributed by atoms with Crippen molar-refractivity contribution in [3.63, 3.8) is 0 Å². The van der Waals surface area contributed by atoms with Crippen LogP contribution in [0.25, 0.3) is 0 Å². The number of ether oxygens (including phenoxy) is 1. The molecule has 1 saturated heterocycles. The summed E-state index contributed by atoms with van der Waals surface area (Å²) in [6.07, 6.45) is -0.490. The number of aliphatic hydroxyl groups is 1. The summed E-state index contributed by atoms with van der Waals surface area (Å²) in [5, 5.41) is 18.7. The number of hydrogen-bond acceptors (Lipinski definition) is 5. The van der Waals surface area contributed by atoms with Crippen LogP contribution in [-0.4, -0.2) is 72.9 Å². The molecule has 6 heteroatoms. The number of piperazine rings is 1. The zero-order valence-electron chi connectivity index (χ0n) is 13.4. The quantitative estimate of drug-likeness (QED) is 0.836. The minimum absolute atomic E-state index is 0.0102. The lowest BCUT2D eigenvalue weighted by molar-refractivity contribution is 0.0111. The predicted molar refractivity (Wildman–Crippen MR) is 86.0 cm³/mol. The molecule has 1 aliphatic rings. The fourth-order valence-electron chi connectivity index (χ4n) is 2.61. The number of carbonyl (C=O) groups is 1. The number of benzene rings is 1. The van der Waals surface area contributed by atoms with E-state index in [-0.39, 0.29) is 5.91 Å². The van der Waals surface area contributed by atoms with Gasteiger partial charge in [-0.1, -0.05) is 0 Å². The molecule has 0 aliphatic carbocycles. The maximum absolute atomic E-state index is 12.4. The highest BCUT2D eigenvalue weighted by molar-refractivity contribution is 5.94. The van der Waals surface area contributed by atoms with E-state index in [9.17, 15) is 9.90 Å². The maximum atomic E-state index is 12.4. The van der Waals surface area contributed by atoms with Gasteiger partial charge in [-0.05, 0) is 31.2 Å². The van der Waals surface area contributed by atoms with Crippen LogP contribution in [0.1, 0.15) is 22.8 Å². The molecule has 1 aromatic carbocycles. The molecule has 1 amide bonds. The minimum atomic E-state index is -0.490. The Morgan fingerprint density at radius 2 is 1.96 bits per heavy atom. The summed E-state index contributed by atoms with van der Waals surface area (Å²) in [6.45, 7) is 6.18. The zero-order valence-corrected chi connectivity index (χ0v) is 13.4. The fraction of sp³-hybridized carbons (Fsp3) is 0.529. The second-order valence-corrected chi connectivity index (χ2v) is 5.60. The average molecular weight is 317 g/mol. The second-order valence-electron chi connectivity index (χ2n) is 5.60. The van der Waals surface area contributed by atoms with Crippen molar-refractivity contribution in [2.24, 2.45) is 0 Å². The van der Waals surface area contributed by atoms with Crippen LogP contribution >= 0.6 is 0 Å². The van der Waals surface area contributed by atoms with Gasteiger partial charge < -0.3 is 14.7 Å². The van der Waals surface area contributed by atoms with Crippen LogP contribution in [0, 0.1) is 11.3 Å². The van der Waals surface area contributed by atoms with E-state index in [0.29, 0.717) is 44.0 Å². The summed E-state index contributed by atoms with van der Waals surface area (Å²) in [7, 11) is 0. The molecular weight excluding hydrogens is 294 g/mol. The first-order valence-corrected chi connectivity index (χ1v) is 7.91. The lowest BCUT2D eigenvalue weighted by atomic mass is 10.1. The molecule has 2 rings (SSSR count). The molecule has 0 saturated carbocycles. The second kappa shape index (κ2) is 8.63. The Kier molecular flexibility index (Phi) is 6.53. The van der Waals surface area contributed by atoms with Gasteiger partial charge in [0.15, 0.2) is 0 Å². The van der Waals surface area contributed by atoms with E-state index in [4.69, 9.17) is 10.00 Å². The monoisotopic (exact) mass is 317 g/mol. The molecule has 1 fully saturated rings. The summed E-state index contributed by atoms with van der Waals surface area (Å²) in [5.41, 5.74) is 1.16. The number of β-amino-alcohol motifs (C(OH)–C–C–N with tert-alkyl or cyclic N) is 1. The van der Waals surface area contributed by atoms with Crippen molar-refractivity contribution < 1.29 is 14.6 Å². The molecule has 0 aromatic heterocycles. The van der Waals surface area contributed by atoms with E-state index < -0.39 is 6.10 Å². The van der Waals surface area contributed by atoms with Crippen molar-refractivity contribution in [1.82, 2.24) is 9.80 Å². The highest BCUT2D eigenvalue weighted by Crippen LogP contribution is 2.10. The van der Waals surface area contributed by atoms with Gasteiger partial charge in [-0.15, -0.1) is 0 Å². The smallest absolute Gasteiger partial charge is 0.253 e. The van der Waals surface area contributed by atoms with E-state index >= 15 is 0 Å². The minimum Gasteiger partial charge on any atom is -0.389 e. The van der Waals surface area contributed by atoms with Gasteiger partial charge >= 0.3 is 0 Å². The molecule has 1 heterocycles. The van der Waals surface area contributed by atoms with Gasteiger partial charge in [0.25, 0.3) is 5.91 Å². The van der Waals surface area contributed by atoms with Crippen molar-refractivity contribution in [1.29, 1.82) is 5.26 Å². The van der Waals surface area contributed by atoms with Crippen LogP contribution in [0.5, 0.6) is 0 Å². The van der Waals surface area contributed by atoms with E-state index in [2.05, 4.69) is 4.90 Å². The van der Waals surface area contributed by atoms with E-state index in [1.165, 1.54) is 0 Å². The van der Waals surface area contributed by atoms with Gasteiger partial charge in [-0.2, -0.15) is 5.26 Å². The number of hydrogen-bond donors (Lipinski definition) is 1. The zero-order chi connectivity index (χ0) is 16.7. The van der Waals surface area contributed by atoms with Crippen LogP contribution in [0.4, 0.5) is 0 Å². The maximum Gasteiger partial charge on any atom is 0.253 e. The first-order chi connectivity index (χ1) is 11.1. The molecule has 0 spiro atoms. The Bertz CT molecular complexity index is 545. The highest BCUT2D eigenvalue weighted by Gasteiger charge is 2.23. The number of aliphatic hydroxyl groups excluding tert-OH is 1. The highest BCUT2D eigenvalue weighted by atomic mass is 16.5. The molecule has 1 aliphatic heterocycles. The molecule has 0 bridgehead atoms. The topological polar surface area (TPSA) is 76.8 Å². The summed E-state index contributed by atoms with van der Waals surface area (Å²) in [6, 6.07) is 8.75. The van der Waals surface area contributed by atoms with Crippen molar-refractivity contribution in [2.75, 3.05) is 45.9 Å². The van der Waals surface area contributed by atoms with E-state index in [1.54, 1.807) is 24.3 Å². The first kappa shape index (κ1) is 17.4. The van der Waals surface area contributed by atoms with Gasteiger partial charge in [0.1, 0.15) is 0 Å². The Labute approximate surface area is 136 Å². The third-order valence-electron chi connectivity index (χ3n) is 3.90. The van der Waals surface area contributed by atoms with Crippen LogP contribution in [0.15, 0.2) is 24.3 Å². The number of nitrogens with zero attached hydrogens (tertiary/aromatic N) is 3. The van der Waals surface area contributed by atoms with E-state index in [1.807, 2.05) is 17.9 Å². The van der Waals surface area contributed by atoms with Crippen LogP contribution in [-0.2, 0) is 4.74 Å². The lowest BCUT2D eigenvalue weighted by Gasteiger charge is -2.35. The number of amides is 1. The fourth-order valence-corrected chi connectivity index (χ4v) is 2.61. The van der Waals surface area contributed by atoms with E-state index in [0.717, 1.165) is 13.1 Å². The van der Waals surface area contributed by atoms with Crippen LogP contribution in [0.2, 0.25) is 0 Å². The molecule has 1 atom stereocenters. The molecule has 0 radical (unpaired) electrons. The van der Waals surface area contributed by atoms with Crippen LogP contribution in [0.3, 0.4) is 0 Å². The van der Waals surface area contributed by atoms with Crippen molar-refractivity contribution in [2.45, 2.75) is 13.0 Å². The summed E-state index contributed by atoms with van der Waals surface area (Å²) in [4.78, 5) is 16.4. The standard InChI is InChI=1S/C17H23N3O3/c1-2-23-13-16(21)12-19-7-9-20(10-8-19)17(22)15-5-3-14(11-18)4-6-15/h3-6,16,21H,2,7-10,12-13H2,1H3. The molecular formula is C17H23N3O3. The summed E-state index contributed by atoms with van der Waals surface area (Å²) < 4.78 is 5.21. The predicted octanol–water partition coefficient (Wildman–Crippen LogP) is 0.713. The lowest BCUT2D eigenvalue weighted by Crippen LogP contribution is -2.50. The molecule has 1 aromatic rings. The van der Waals surface area contributed by atoms with Gasteiger partial charge in [-0.3, -0.25) is 9.69 Å². The SMILES string of the molecule is CCOCC(O)CN1CCN(C(=O)c2ccc(C#N)cc2)CC1. The number of rotatable bonds is 6. The summed E-state index contributed by atoms with van der Waals surface area (Å²) in [5.74, 6) is -0.0102. The first-order valence-electron chi connectivity index (χ1n) is 7.91. The van der Waals surface area contributed by atoms with Gasteiger partial charge in [0.05, 0.1) is 24.3 Å². The third kappa shape index (κ3) is 5.03. The van der Waals surface area contributed by atoms with Crippen molar-refractivity contribution >= 4 is 5.91 Å². The average Bonchev–Trinajstić information content (AvgIpc) is 2.60. The Balaban J connectivity index is 1.81.